The zero-order chi connectivity index (χ0) is 18.5. The number of ether oxygens (including phenoxy) is 3. The van der Waals surface area contributed by atoms with E-state index < -0.39 is 26.5 Å². The van der Waals surface area contributed by atoms with Gasteiger partial charge in [0.15, 0.2) is 21.3 Å². The molecule has 0 amide bonds. The van der Waals surface area contributed by atoms with E-state index in [1.54, 1.807) is 24.3 Å². The Kier molecular flexibility index (Phi) is 4.15. The van der Waals surface area contributed by atoms with E-state index in [0.29, 0.717) is 16.5 Å². The number of rotatable bonds is 5. The molecule has 6 nitrogen and oxygen atoms in total. The molecule has 0 radical (unpaired) electrons. The standard InChI is InChI=1S/C18H18ClNO5S/c1-23-9-18(20)16(11-2-7-14-15(8-11)25-10-24-14)17(18)26(21,22)13-5-3-12(19)4-6-13/h2-8,16-17H,9-10,20H2,1H3/t16-,17+,18-/m1/s1. The van der Waals surface area contributed by atoms with E-state index >= 15 is 0 Å². The van der Waals surface area contributed by atoms with Gasteiger partial charge in [-0.05, 0) is 42.0 Å². The first-order valence-corrected chi connectivity index (χ1v) is 9.97. The second kappa shape index (κ2) is 6.13. The number of hydrogen-bond donors (Lipinski definition) is 1. The Morgan fingerprint density at radius 3 is 2.58 bits per heavy atom. The predicted molar refractivity (Wildman–Crippen MR) is 96.5 cm³/mol. The van der Waals surface area contributed by atoms with E-state index in [1.807, 2.05) is 6.07 Å². The van der Waals surface area contributed by atoms with Gasteiger partial charge in [-0.3, -0.25) is 0 Å². The fraction of sp³-hybridized carbons (Fsp3) is 0.333. The first kappa shape index (κ1) is 17.6. The first-order valence-electron chi connectivity index (χ1n) is 8.05. The molecule has 1 saturated carbocycles. The maximum atomic E-state index is 13.2. The fourth-order valence-corrected chi connectivity index (χ4v) is 6.09. The number of benzene rings is 2. The third-order valence-corrected chi connectivity index (χ3v) is 7.49. The minimum absolute atomic E-state index is 0.129. The quantitative estimate of drug-likeness (QED) is 0.836. The molecule has 8 heteroatoms. The molecule has 0 bridgehead atoms. The molecule has 0 spiro atoms. The van der Waals surface area contributed by atoms with E-state index in [2.05, 4.69) is 0 Å². The van der Waals surface area contributed by atoms with Gasteiger partial charge in [-0.15, -0.1) is 0 Å². The Balaban J connectivity index is 1.73. The molecule has 2 aromatic rings. The van der Waals surface area contributed by atoms with Crippen LogP contribution in [0, 0.1) is 0 Å². The summed E-state index contributed by atoms with van der Waals surface area (Å²) in [6.45, 7) is 0.283. The zero-order valence-corrected chi connectivity index (χ0v) is 15.6. The van der Waals surface area contributed by atoms with Crippen molar-refractivity contribution in [1.29, 1.82) is 0 Å². The summed E-state index contributed by atoms with van der Waals surface area (Å²) in [6.07, 6.45) is 0. The summed E-state index contributed by atoms with van der Waals surface area (Å²) < 4.78 is 42.3. The van der Waals surface area contributed by atoms with Gasteiger partial charge < -0.3 is 19.9 Å². The number of sulfone groups is 1. The summed E-state index contributed by atoms with van der Waals surface area (Å²) in [5.41, 5.74) is 6.25. The molecule has 1 fully saturated rings. The Labute approximate surface area is 156 Å². The van der Waals surface area contributed by atoms with E-state index in [0.717, 1.165) is 5.56 Å². The molecule has 1 aliphatic carbocycles. The van der Waals surface area contributed by atoms with Crippen LogP contribution in [0.2, 0.25) is 5.02 Å². The van der Waals surface area contributed by atoms with Crippen molar-refractivity contribution in [3.05, 3.63) is 53.1 Å². The molecule has 3 atom stereocenters. The van der Waals surface area contributed by atoms with Gasteiger partial charge in [0.05, 0.1) is 22.3 Å². The average molecular weight is 396 g/mol. The maximum Gasteiger partial charge on any atom is 0.231 e. The van der Waals surface area contributed by atoms with Crippen molar-refractivity contribution in [2.75, 3.05) is 20.5 Å². The third-order valence-electron chi connectivity index (χ3n) is 4.93. The zero-order valence-electron chi connectivity index (χ0n) is 14.0. The molecule has 138 valence electrons. The molecule has 2 aromatic carbocycles. The van der Waals surface area contributed by atoms with Crippen LogP contribution in [0.4, 0.5) is 0 Å². The summed E-state index contributed by atoms with van der Waals surface area (Å²) in [4.78, 5) is 0.195. The van der Waals surface area contributed by atoms with Gasteiger partial charge in [-0.2, -0.15) is 0 Å². The highest BCUT2D eigenvalue weighted by molar-refractivity contribution is 7.92. The van der Waals surface area contributed by atoms with Crippen LogP contribution in [0.1, 0.15) is 11.5 Å². The van der Waals surface area contributed by atoms with Gasteiger partial charge in [-0.1, -0.05) is 17.7 Å². The Morgan fingerprint density at radius 2 is 1.88 bits per heavy atom. The molecule has 0 saturated heterocycles. The fourth-order valence-electron chi connectivity index (χ4n) is 3.68. The van der Waals surface area contributed by atoms with Gasteiger partial charge in [0, 0.05) is 18.1 Å². The number of nitrogens with two attached hydrogens (primary N) is 1. The van der Waals surface area contributed by atoms with Crippen molar-refractivity contribution in [3.8, 4) is 11.5 Å². The Morgan fingerprint density at radius 1 is 1.19 bits per heavy atom. The van der Waals surface area contributed by atoms with Gasteiger partial charge in [-0.25, -0.2) is 8.42 Å². The van der Waals surface area contributed by atoms with Crippen molar-refractivity contribution >= 4 is 21.4 Å². The molecule has 2 aliphatic rings. The van der Waals surface area contributed by atoms with E-state index in [9.17, 15) is 8.42 Å². The van der Waals surface area contributed by atoms with Crippen molar-refractivity contribution in [1.82, 2.24) is 0 Å². The van der Waals surface area contributed by atoms with Crippen molar-refractivity contribution in [2.45, 2.75) is 21.6 Å². The molecule has 0 aromatic heterocycles. The summed E-state index contributed by atoms with van der Waals surface area (Å²) >= 11 is 5.88. The van der Waals surface area contributed by atoms with Crippen LogP contribution in [0.5, 0.6) is 11.5 Å². The van der Waals surface area contributed by atoms with E-state index in [4.69, 9.17) is 31.5 Å². The number of hydrogen-bond acceptors (Lipinski definition) is 6. The van der Waals surface area contributed by atoms with Crippen LogP contribution in [-0.4, -0.2) is 39.7 Å². The average Bonchev–Trinajstić information content (AvgIpc) is 2.99. The smallest absolute Gasteiger partial charge is 0.231 e. The lowest BCUT2D eigenvalue weighted by molar-refractivity contribution is 0.171. The van der Waals surface area contributed by atoms with Crippen LogP contribution in [0.15, 0.2) is 47.4 Å². The second-order valence-corrected chi connectivity index (χ2v) is 9.06. The molecule has 1 aliphatic heterocycles. The number of fused-ring (bicyclic) bond motifs is 1. The van der Waals surface area contributed by atoms with Crippen molar-refractivity contribution < 1.29 is 22.6 Å². The van der Waals surface area contributed by atoms with Crippen LogP contribution < -0.4 is 15.2 Å². The van der Waals surface area contributed by atoms with Crippen molar-refractivity contribution in [3.63, 3.8) is 0 Å². The number of methoxy groups -OCH3 is 1. The van der Waals surface area contributed by atoms with Crippen LogP contribution >= 0.6 is 11.6 Å². The predicted octanol–water partition coefficient (Wildman–Crippen LogP) is 2.35. The molecule has 4 rings (SSSR count). The van der Waals surface area contributed by atoms with Crippen LogP contribution in [0.25, 0.3) is 0 Å². The Bertz CT molecular complexity index is 947. The Hall–Kier alpha value is -1.80. The topological polar surface area (TPSA) is 87.8 Å². The lowest BCUT2D eigenvalue weighted by atomic mass is 10.1. The lowest BCUT2D eigenvalue weighted by Gasteiger charge is -2.11. The highest BCUT2D eigenvalue weighted by atomic mass is 35.5. The van der Waals surface area contributed by atoms with Gasteiger partial charge in [0.2, 0.25) is 6.79 Å². The van der Waals surface area contributed by atoms with E-state index in [-0.39, 0.29) is 18.3 Å². The van der Waals surface area contributed by atoms with Gasteiger partial charge in [0.25, 0.3) is 0 Å². The van der Waals surface area contributed by atoms with E-state index in [1.165, 1.54) is 19.2 Å². The summed E-state index contributed by atoms with van der Waals surface area (Å²) in [7, 11) is -2.15. The minimum atomic E-state index is -3.66. The maximum absolute atomic E-state index is 13.2. The molecule has 26 heavy (non-hydrogen) atoms. The molecule has 0 unspecified atom stereocenters. The lowest BCUT2D eigenvalue weighted by Crippen LogP contribution is -2.35. The summed E-state index contributed by atoms with van der Waals surface area (Å²) in [6, 6.07) is 11.5. The second-order valence-electron chi connectivity index (χ2n) is 6.56. The highest BCUT2D eigenvalue weighted by Gasteiger charge is 2.69. The van der Waals surface area contributed by atoms with Gasteiger partial charge >= 0.3 is 0 Å². The van der Waals surface area contributed by atoms with Crippen LogP contribution in [-0.2, 0) is 14.6 Å². The minimum Gasteiger partial charge on any atom is -0.454 e. The van der Waals surface area contributed by atoms with Crippen LogP contribution in [0.3, 0.4) is 0 Å². The molecular weight excluding hydrogens is 378 g/mol. The largest absolute Gasteiger partial charge is 0.454 e. The third kappa shape index (κ3) is 2.66. The molecule has 2 N–H and O–H groups in total. The highest BCUT2D eigenvalue weighted by Crippen LogP contribution is 2.56. The normalized spacial score (nSPS) is 26.7. The van der Waals surface area contributed by atoms with Gasteiger partial charge in [0.1, 0.15) is 0 Å². The molecular formula is C18H18ClNO5S. The summed E-state index contributed by atoms with van der Waals surface area (Å²) in [5.74, 6) is 0.829. The summed E-state index contributed by atoms with van der Waals surface area (Å²) in [5, 5.41) is -0.320. The SMILES string of the molecule is COC[C@@]1(N)[C@H](c2ccc3c(c2)OCO3)[C@@H]1S(=O)(=O)c1ccc(Cl)cc1. The molecule has 1 heterocycles. The number of halogens is 1. The monoisotopic (exact) mass is 395 g/mol. The first-order chi connectivity index (χ1) is 12.4. The van der Waals surface area contributed by atoms with Crippen molar-refractivity contribution in [2.24, 2.45) is 5.73 Å².